The van der Waals surface area contributed by atoms with E-state index < -0.39 is 0 Å². The molecule has 1 fully saturated rings. The van der Waals surface area contributed by atoms with Gasteiger partial charge in [-0.3, -0.25) is 4.68 Å². The molecule has 0 spiro atoms. The van der Waals surface area contributed by atoms with Gasteiger partial charge in [0.1, 0.15) is 0 Å². The zero-order chi connectivity index (χ0) is 14.1. The van der Waals surface area contributed by atoms with Gasteiger partial charge in [0.15, 0.2) is 7.28 Å². The zero-order valence-electron chi connectivity index (χ0n) is 12.6. The molecule has 0 N–H and O–H groups in total. The average molecular weight is 263 g/mol. The number of nitrogens with zero attached hydrogens (tertiary/aromatic N) is 2. The Kier molecular flexibility index (Phi) is 4.07. The van der Waals surface area contributed by atoms with E-state index in [1.165, 1.54) is 12.8 Å². The van der Waals surface area contributed by atoms with Crippen molar-refractivity contribution in [3.63, 3.8) is 0 Å². The molecule has 0 aromatic carbocycles. The molecule has 0 saturated heterocycles. The van der Waals surface area contributed by atoms with Crippen LogP contribution in [0.5, 0.6) is 0 Å². The van der Waals surface area contributed by atoms with Gasteiger partial charge in [0.25, 0.3) is 0 Å². The second kappa shape index (κ2) is 5.29. The normalized spacial score (nSPS) is 16.7. The van der Waals surface area contributed by atoms with E-state index in [-0.39, 0.29) is 11.2 Å². The van der Waals surface area contributed by atoms with Crippen molar-refractivity contribution in [1.82, 2.24) is 9.78 Å². The van der Waals surface area contributed by atoms with E-state index in [9.17, 15) is 0 Å². The highest BCUT2D eigenvalue weighted by Gasteiger charge is 2.38. The van der Waals surface area contributed by atoms with Crippen molar-refractivity contribution < 1.29 is 9.47 Å². The van der Waals surface area contributed by atoms with Crippen molar-refractivity contribution in [2.45, 2.75) is 57.8 Å². The van der Waals surface area contributed by atoms with Crippen LogP contribution < -0.4 is 5.46 Å². The Labute approximate surface area is 116 Å². The Morgan fingerprint density at radius 1 is 1.32 bits per heavy atom. The van der Waals surface area contributed by atoms with Gasteiger partial charge in [-0.1, -0.05) is 0 Å². The SMILES string of the molecule is COC(C)(C)C(C)(C)OC[B]c1cnn(C2CC2)c1. The minimum absolute atomic E-state index is 0.320. The maximum Gasteiger partial charge on any atom is 0.189 e. The van der Waals surface area contributed by atoms with E-state index in [0.29, 0.717) is 12.5 Å². The lowest BCUT2D eigenvalue weighted by Crippen LogP contribution is -2.49. The number of aromatic nitrogens is 2. The third-order valence-corrected chi connectivity index (χ3v) is 4.27. The monoisotopic (exact) mass is 263 g/mol. The fourth-order valence-electron chi connectivity index (χ4n) is 1.76. The molecule has 0 atom stereocenters. The number of rotatable bonds is 7. The Bertz CT molecular complexity index is 425. The molecule has 1 saturated carbocycles. The molecular formula is C14H24BN2O2. The van der Waals surface area contributed by atoms with Crippen LogP contribution in [-0.4, -0.2) is 41.9 Å². The van der Waals surface area contributed by atoms with Crippen LogP contribution in [0.4, 0.5) is 0 Å². The molecule has 0 bridgehead atoms. The van der Waals surface area contributed by atoms with Crippen LogP contribution in [0.2, 0.25) is 0 Å². The Balaban J connectivity index is 1.81. The van der Waals surface area contributed by atoms with E-state index in [4.69, 9.17) is 9.47 Å². The molecule has 0 unspecified atom stereocenters. The van der Waals surface area contributed by atoms with Gasteiger partial charge >= 0.3 is 0 Å². The van der Waals surface area contributed by atoms with Crippen molar-refractivity contribution in [3.05, 3.63) is 12.4 Å². The predicted molar refractivity (Wildman–Crippen MR) is 77.0 cm³/mol. The first-order valence-electron chi connectivity index (χ1n) is 6.92. The molecule has 5 heteroatoms. The summed E-state index contributed by atoms with van der Waals surface area (Å²) in [6.07, 6.45) is 6.50. The van der Waals surface area contributed by atoms with E-state index in [0.717, 1.165) is 5.46 Å². The van der Waals surface area contributed by atoms with Crippen LogP contribution in [0.3, 0.4) is 0 Å². The van der Waals surface area contributed by atoms with Gasteiger partial charge < -0.3 is 9.47 Å². The van der Waals surface area contributed by atoms with Gasteiger partial charge in [-0.25, -0.2) is 0 Å². The Hall–Kier alpha value is -0.805. The third kappa shape index (κ3) is 3.40. The van der Waals surface area contributed by atoms with Gasteiger partial charge in [-0.15, -0.1) is 0 Å². The molecule has 1 aliphatic carbocycles. The van der Waals surface area contributed by atoms with Gasteiger partial charge in [-0.2, -0.15) is 5.10 Å². The summed E-state index contributed by atoms with van der Waals surface area (Å²) in [6.45, 7) is 8.75. The van der Waals surface area contributed by atoms with Crippen LogP contribution in [-0.2, 0) is 9.47 Å². The molecular weight excluding hydrogens is 239 g/mol. The molecule has 1 aromatic rings. The highest BCUT2D eigenvalue weighted by molar-refractivity contribution is 6.53. The van der Waals surface area contributed by atoms with Crippen LogP contribution in [0.1, 0.15) is 46.6 Å². The second-order valence-corrected chi connectivity index (χ2v) is 6.22. The lowest BCUT2D eigenvalue weighted by atomic mass is 9.73. The van der Waals surface area contributed by atoms with Crippen LogP contribution in [0.25, 0.3) is 0 Å². The highest BCUT2D eigenvalue weighted by Crippen LogP contribution is 2.33. The summed E-state index contributed by atoms with van der Waals surface area (Å²) in [7, 11) is 3.79. The van der Waals surface area contributed by atoms with Crippen LogP contribution in [0, 0.1) is 0 Å². The second-order valence-electron chi connectivity index (χ2n) is 6.22. The fourth-order valence-corrected chi connectivity index (χ4v) is 1.76. The minimum atomic E-state index is -0.343. The number of methoxy groups -OCH3 is 1. The van der Waals surface area contributed by atoms with Gasteiger partial charge in [0.2, 0.25) is 0 Å². The van der Waals surface area contributed by atoms with Gasteiger partial charge in [0, 0.05) is 26.0 Å². The first-order valence-corrected chi connectivity index (χ1v) is 6.92. The molecule has 19 heavy (non-hydrogen) atoms. The summed E-state index contributed by atoms with van der Waals surface area (Å²) in [5, 5.41) is 4.36. The van der Waals surface area contributed by atoms with E-state index in [1.54, 1.807) is 7.11 Å². The van der Waals surface area contributed by atoms with Crippen molar-refractivity contribution in [2.24, 2.45) is 0 Å². The molecule has 1 heterocycles. The summed E-state index contributed by atoms with van der Waals surface area (Å²) >= 11 is 0. The summed E-state index contributed by atoms with van der Waals surface area (Å²) in [6, 6.07) is 0.631. The molecule has 0 aliphatic heterocycles. The highest BCUT2D eigenvalue weighted by atomic mass is 16.6. The largest absolute Gasteiger partial charge is 0.381 e. The summed E-state index contributed by atoms with van der Waals surface area (Å²) in [4.78, 5) is 0. The first-order chi connectivity index (χ1) is 8.86. The minimum Gasteiger partial charge on any atom is -0.381 e. The van der Waals surface area contributed by atoms with Crippen LogP contribution >= 0.6 is 0 Å². The van der Waals surface area contributed by atoms with E-state index in [2.05, 4.69) is 37.1 Å². The quantitative estimate of drug-likeness (QED) is 0.703. The standard InChI is InChI=1S/C14H24BN2O2/c1-13(2,18-5)14(3,4)19-10-15-11-8-16-17(9-11)12-6-7-12/h8-9,12H,6-7,10H2,1-5H3. The maximum atomic E-state index is 5.96. The Morgan fingerprint density at radius 3 is 2.58 bits per heavy atom. The lowest BCUT2D eigenvalue weighted by Gasteiger charge is -2.40. The predicted octanol–water partition coefficient (Wildman–Crippen LogP) is 1.73. The molecule has 1 aliphatic rings. The molecule has 1 radical (unpaired) electrons. The van der Waals surface area contributed by atoms with Crippen molar-refractivity contribution in [1.29, 1.82) is 0 Å². The molecule has 105 valence electrons. The molecule has 1 aromatic heterocycles. The van der Waals surface area contributed by atoms with Gasteiger partial charge in [-0.05, 0) is 46.0 Å². The first kappa shape index (κ1) is 14.6. The smallest absolute Gasteiger partial charge is 0.189 e. The van der Waals surface area contributed by atoms with Crippen LogP contribution in [0.15, 0.2) is 12.4 Å². The lowest BCUT2D eigenvalue weighted by molar-refractivity contribution is -0.153. The van der Waals surface area contributed by atoms with Gasteiger partial charge in [0.05, 0.1) is 17.2 Å². The number of ether oxygens (including phenoxy) is 2. The molecule has 4 nitrogen and oxygen atoms in total. The molecule has 0 amide bonds. The number of hydrogen-bond acceptors (Lipinski definition) is 3. The fraction of sp³-hybridized carbons (Fsp3) is 0.786. The van der Waals surface area contributed by atoms with Crippen molar-refractivity contribution in [2.75, 3.05) is 13.6 Å². The zero-order valence-corrected chi connectivity index (χ0v) is 12.6. The maximum absolute atomic E-state index is 5.96. The van der Waals surface area contributed by atoms with Crippen molar-refractivity contribution >= 4 is 12.7 Å². The average Bonchev–Trinajstić information content (AvgIpc) is 3.09. The van der Waals surface area contributed by atoms with E-state index in [1.807, 2.05) is 20.0 Å². The summed E-state index contributed by atoms with van der Waals surface area (Å²) < 4.78 is 13.5. The Morgan fingerprint density at radius 2 is 2.00 bits per heavy atom. The summed E-state index contributed by atoms with van der Waals surface area (Å²) in [5.41, 5.74) is 0.460. The van der Waals surface area contributed by atoms with E-state index >= 15 is 0 Å². The third-order valence-electron chi connectivity index (χ3n) is 4.27. The molecule has 2 rings (SSSR count). The number of hydrogen-bond donors (Lipinski definition) is 0. The topological polar surface area (TPSA) is 36.3 Å². The summed E-state index contributed by atoms with van der Waals surface area (Å²) in [5.74, 6) is 0. The van der Waals surface area contributed by atoms with Crippen molar-refractivity contribution in [3.8, 4) is 0 Å².